The minimum absolute atomic E-state index is 0.0485. The number of ether oxygens (including phenoxy) is 2. The molecule has 7 heteroatoms. The van der Waals surface area contributed by atoms with Crippen molar-refractivity contribution in [3.63, 3.8) is 0 Å². The van der Waals surface area contributed by atoms with E-state index in [4.69, 9.17) is 19.4 Å². The number of aromatic carboxylic acids is 1. The van der Waals surface area contributed by atoms with Gasteiger partial charge in [-0.15, -0.1) is 0 Å². The van der Waals surface area contributed by atoms with Crippen LogP contribution >= 0.6 is 0 Å². The maximum atomic E-state index is 10.8. The van der Waals surface area contributed by atoms with Crippen LogP contribution in [0.15, 0.2) is 78.1 Å². The number of oxime groups is 1. The molecule has 140 valence electrons. The van der Waals surface area contributed by atoms with Gasteiger partial charge in [0.2, 0.25) is 5.90 Å². The van der Waals surface area contributed by atoms with E-state index < -0.39 is 5.97 Å². The quantitative estimate of drug-likeness (QED) is 0.709. The number of pyridine rings is 1. The Bertz CT molecular complexity index is 986. The Labute approximate surface area is 160 Å². The Morgan fingerprint density at radius 3 is 2.32 bits per heavy atom. The summed E-state index contributed by atoms with van der Waals surface area (Å²) in [5.41, 5.74) is 0.898. The minimum Gasteiger partial charge on any atom is -0.477 e. The van der Waals surface area contributed by atoms with Crippen LogP contribution in [-0.4, -0.2) is 22.0 Å². The smallest absolute Gasteiger partial charge is 0.354 e. The molecule has 0 fully saturated rings. The van der Waals surface area contributed by atoms with Gasteiger partial charge in [-0.05, 0) is 42.0 Å². The summed E-state index contributed by atoms with van der Waals surface area (Å²) >= 11 is 0. The molecule has 1 N–H and O–H groups in total. The third-order valence-corrected chi connectivity index (χ3v) is 4.06. The highest BCUT2D eigenvalue weighted by Crippen LogP contribution is 2.30. The van der Waals surface area contributed by atoms with Crippen molar-refractivity contribution in [2.75, 3.05) is 0 Å². The van der Waals surface area contributed by atoms with E-state index in [1.54, 1.807) is 0 Å². The van der Waals surface area contributed by atoms with Crippen LogP contribution in [0.3, 0.4) is 0 Å². The lowest BCUT2D eigenvalue weighted by Gasteiger charge is -2.10. The van der Waals surface area contributed by atoms with Crippen molar-refractivity contribution < 1.29 is 24.2 Å². The number of nitrogens with zero attached hydrogens (tertiary/aromatic N) is 2. The number of carboxylic acids is 1. The number of hydrogen-bond acceptors (Lipinski definition) is 6. The maximum Gasteiger partial charge on any atom is 0.354 e. The molecule has 1 aliphatic heterocycles. The summed E-state index contributed by atoms with van der Waals surface area (Å²) < 4.78 is 11.4. The molecule has 0 amide bonds. The molecule has 28 heavy (non-hydrogen) atoms. The summed E-state index contributed by atoms with van der Waals surface area (Å²) in [6, 6.07) is 20.0. The second-order valence-corrected chi connectivity index (χ2v) is 6.05. The minimum atomic E-state index is -1.09. The highest BCUT2D eigenvalue weighted by molar-refractivity contribution is 5.85. The Morgan fingerprint density at radius 1 is 0.929 bits per heavy atom. The van der Waals surface area contributed by atoms with E-state index >= 15 is 0 Å². The SMILES string of the molecule is O=C(O)c1ccc(OC2=NO[C@H](c3ccc(Oc4ccccc4)cc3)C2)cn1. The first kappa shape index (κ1) is 17.5. The van der Waals surface area contributed by atoms with Crippen LogP contribution in [0.4, 0.5) is 0 Å². The summed E-state index contributed by atoms with van der Waals surface area (Å²) in [6.07, 6.45) is 1.54. The number of hydrogen-bond donors (Lipinski definition) is 1. The molecular weight excluding hydrogens is 360 g/mol. The average molecular weight is 376 g/mol. The van der Waals surface area contributed by atoms with Crippen LogP contribution in [0.5, 0.6) is 17.2 Å². The van der Waals surface area contributed by atoms with Gasteiger partial charge in [0.25, 0.3) is 0 Å². The number of carbonyl (C=O) groups is 1. The van der Waals surface area contributed by atoms with Crippen molar-refractivity contribution >= 4 is 11.9 Å². The predicted molar refractivity (Wildman–Crippen MR) is 101 cm³/mol. The molecule has 0 saturated carbocycles. The van der Waals surface area contributed by atoms with E-state index in [-0.39, 0.29) is 11.8 Å². The first-order valence-corrected chi connectivity index (χ1v) is 8.60. The van der Waals surface area contributed by atoms with E-state index in [0.29, 0.717) is 18.1 Å². The largest absolute Gasteiger partial charge is 0.477 e. The monoisotopic (exact) mass is 376 g/mol. The first-order chi connectivity index (χ1) is 13.7. The highest BCUT2D eigenvalue weighted by Gasteiger charge is 2.24. The molecule has 2 heterocycles. The van der Waals surface area contributed by atoms with E-state index in [1.165, 1.54) is 18.3 Å². The molecule has 1 aromatic heterocycles. The summed E-state index contributed by atoms with van der Waals surface area (Å²) in [6.45, 7) is 0. The van der Waals surface area contributed by atoms with Gasteiger partial charge in [0.05, 0.1) is 12.6 Å². The fourth-order valence-corrected chi connectivity index (χ4v) is 2.67. The molecule has 0 unspecified atom stereocenters. The molecule has 0 bridgehead atoms. The molecule has 3 aromatic rings. The molecule has 0 aliphatic carbocycles. The lowest BCUT2D eigenvalue weighted by molar-refractivity contribution is 0.0690. The average Bonchev–Trinajstić information content (AvgIpc) is 3.18. The first-order valence-electron chi connectivity index (χ1n) is 8.60. The van der Waals surface area contributed by atoms with Gasteiger partial charge < -0.3 is 19.4 Å². The Hall–Kier alpha value is -3.87. The molecular formula is C21H16N2O5. The second kappa shape index (κ2) is 7.79. The van der Waals surface area contributed by atoms with Crippen LogP contribution in [0.2, 0.25) is 0 Å². The fourth-order valence-electron chi connectivity index (χ4n) is 2.67. The Kier molecular flexibility index (Phi) is 4.88. The van der Waals surface area contributed by atoms with Gasteiger partial charge in [-0.25, -0.2) is 9.78 Å². The fraction of sp³-hybridized carbons (Fsp3) is 0.0952. The maximum absolute atomic E-state index is 10.8. The van der Waals surface area contributed by atoms with Crippen LogP contribution in [0, 0.1) is 0 Å². The third kappa shape index (κ3) is 4.09. The molecule has 4 rings (SSSR count). The molecule has 7 nitrogen and oxygen atoms in total. The summed E-state index contributed by atoms with van der Waals surface area (Å²) in [5.74, 6) is 1.22. The van der Waals surface area contributed by atoms with Crippen LogP contribution in [-0.2, 0) is 4.84 Å². The van der Waals surface area contributed by atoms with Gasteiger partial charge >= 0.3 is 5.97 Å². The van der Waals surface area contributed by atoms with Gasteiger partial charge in [-0.2, -0.15) is 0 Å². The van der Waals surface area contributed by atoms with Crippen molar-refractivity contribution in [3.8, 4) is 17.2 Å². The molecule has 0 saturated heterocycles. The number of rotatable bonds is 5. The molecule has 0 radical (unpaired) electrons. The number of carboxylic acid groups (broad SMARTS) is 1. The summed E-state index contributed by atoms with van der Waals surface area (Å²) in [4.78, 5) is 20.1. The van der Waals surface area contributed by atoms with E-state index in [0.717, 1.165) is 17.1 Å². The van der Waals surface area contributed by atoms with Crippen LogP contribution < -0.4 is 9.47 Å². The van der Waals surface area contributed by atoms with Gasteiger partial charge in [-0.3, -0.25) is 0 Å². The van der Waals surface area contributed by atoms with E-state index in [9.17, 15) is 4.79 Å². The lowest BCUT2D eigenvalue weighted by atomic mass is 10.1. The normalized spacial score (nSPS) is 15.4. The van der Waals surface area contributed by atoms with Crippen LogP contribution in [0.1, 0.15) is 28.6 Å². The van der Waals surface area contributed by atoms with Gasteiger partial charge in [-0.1, -0.05) is 35.5 Å². The second-order valence-electron chi connectivity index (χ2n) is 6.05. The zero-order valence-electron chi connectivity index (χ0n) is 14.7. The summed E-state index contributed by atoms with van der Waals surface area (Å²) in [7, 11) is 0. The van der Waals surface area contributed by atoms with Crippen molar-refractivity contribution in [1.82, 2.24) is 4.98 Å². The summed E-state index contributed by atoms with van der Waals surface area (Å²) in [5, 5.41) is 12.8. The highest BCUT2D eigenvalue weighted by atomic mass is 16.7. The van der Waals surface area contributed by atoms with Gasteiger partial charge in [0.15, 0.2) is 6.10 Å². The zero-order chi connectivity index (χ0) is 19.3. The topological polar surface area (TPSA) is 90.2 Å². The molecule has 2 aromatic carbocycles. The van der Waals surface area contributed by atoms with Crippen molar-refractivity contribution in [3.05, 3.63) is 84.2 Å². The zero-order valence-corrected chi connectivity index (χ0v) is 14.7. The van der Waals surface area contributed by atoms with E-state index in [2.05, 4.69) is 10.1 Å². The van der Waals surface area contributed by atoms with Crippen molar-refractivity contribution in [1.29, 1.82) is 0 Å². The predicted octanol–water partition coefficient (Wildman–Crippen LogP) is 4.43. The van der Waals surface area contributed by atoms with Crippen molar-refractivity contribution in [2.45, 2.75) is 12.5 Å². The molecule has 1 atom stereocenters. The van der Waals surface area contributed by atoms with Gasteiger partial charge in [0.1, 0.15) is 22.9 Å². The molecule has 1 aliphatic rings. The Balaban J connectivity index is 1.35. The van der Waals surface area contributed by atoms with Crippen LogP contribution in [0.25, 0.3) is 0 Å². The number of benzene rings is 2. The van der Waals surface area contributed by atoms with E-state index in [1.807, 2.05) is 54.6 Å². The van der Waals surface area contributed by atoms with Crippen molar-refractivity contribution in [2.24, 2.45) is 5.16 Å². The number of aromatic nitrogens is 1. The third-order valence-electron chi connectivity index (χ3n) is 4.06. The lowest BCUT2D eigenvalue weighted by Crippen LogP contribution is -2.08. The Morgan fingerprint density at radius 2 is 1.64 bits per heavy atom. The molecule has 0 spiro atoms. The van der Waals surface area contributed by atoms with Gasteiger partial charge in [0, 0.05) is 0 Å². The standard InChI is InChI=1S/C21H16N2O5/c24-21(25)18-11-10-17(13-22-18)27-20-12-19(28-23-20)14-6-8-16(9-7-14)26-15-4-2-1-3-5-15/h1-11,13,19H,12H2,(H,24,25)/t19-/m0/s1. The number of para-hydroxylation sites is 1.